The van der Waals surface area contributed by atoms with E-state index in [2.05, 4.69) is 10.3 Å². The number of nitrogen functional groups attached to an aromatic ring is 1. The van der Waals surface area contributed by atoms with E-state index < -0.39 is 0 Å². The summed E-state index contributed by atoms with van der Waals surface area (Å²) in [7, 11) is 0. The van der Waals surface area contributed by atoms with Crippen molar-refractivity contribution in [2.24, 2.45) is 5.73 Å². The molecule has 7 heteroatoms. The van der Waals surface area contributed by atoms with E-state index in [0.29, 0.717) is 25.8 Å². The lowest BCUT2D eigenvalue weighted by atomic mass is 10.2. The summed E-state index contributed by atoms with van der Waals surface area (Å²) in [5.74, 6) is -0.494. The Morgan fingerprint density at radius 3 is 2.72 bits per heavy atom. The van der Waals surface area contributed by atoms with Crippen LogP contribution in [-0.2, 0) is 4.79 Å². The van der Waals surface area contributed by atoms with Crippen molar-refractivity contribution < 1.29 is 9.59 Å². The summed E-state index contributed by atoms with van der Waals surface area (Å²) in [6, 6.07) is 3.04. The van der Waals surface area contributed by atoms with E-state index in [1.165, 1.54) is 12.1 Å². The Labute approximate surface area is 110 Å². The van der Waals surface area contributed by atoms with Gasteiger partial charge in [-0.15, -0.1) is 0 Å². The molecule has 0 aliphatic heterocycles. The van der Waals surface area contributed by atoms with E-state index in [-0.39, 0.29) is 28.3 Å². The van der Waals surface area contributed by atoms with Gasteiger partial charge in [-0.05, 0) is 25.0 Å². The highest BCUT2D eigenvalue weighted by molar-refractivity contribution is 6.33. The SMILES string of the molecule is NC(=O)CCCCNC(=O)c1nc(N)ccc1Cl. The van der Waals surface area contributed by atoms with Crippen LogP contribution in [-0.4, -0.2) is 23.3 Å². The molecule has 0 aromatic carbocycles. The largest absolute Gasteiger partial charge is 0.384 e. The standard InChI is InChI=1S/C11H15ClN4O2/c12-7-4-5-8(13)16-10(7)11(18)15-6-2-1-3-9(14)17/h4-5H,1-3,6H2,(H2,13,16)(H2,14,17)(H,15,18). The molecule has 0 atom stereocenters. The highest BCUT2D eigenvalue weighted by atomic mass is 35.5. The Hall–Kier alpha value is -1.82. The van der Waals surface area contributed by atoms with Crippen molar-refractivity contribution in [1.82, 2.24) is 10.3 Å². The highest BCUT2D eigenvalue weighted by Crippen LogP contribution is 2.14. The van der Waals surface area contributed by atoms with Crippen LogP contribution in [0.25, 0.3) is 0 Å². The van der Waals surface area contributed by atoms with Crippen LogP contribution < -0.4 is 16.8 Å². The molecule has 0 saturated heterocycles. The number of nitrogens with one attached hydrogen (secondary N) is 1. The number of hydrogen-bond donors (Lipinski definition) is 3. The fourth-order valence-corrected chi connectivity index (χ4v) is 1.52. The van der Waals surface area contributed by atoms with Crippen LogP contribution in [0.4, 0.5) is 5.82 Å². The number of pyridine rings is 1. The number of halogens is 1. The van der Waals surface area contributed by atoms with Crippen LogP contribution >= 0.6 is 11.6 Å². The normalized spacial score (nSPS) is 10.1. The fraction of sp³-hybridized carbons (Fsp3) is 0.364. The quantitative estimate of drug-likeness (QED) is 0.661. The predicted molar refractivity (Wildman–Crippen MR) is 69.0 cm³/mol. The summed E-state index contributed by atoms with van der Waals surface area (Å²) in [4.78, 5) is 26.1. The van der Waals surface area contributed by atoms with Crippen LogP contribution in [0.1, 0.15) is 29.8 Å². The molecule has 0 bridgehead atoms. The van der Waals surface area contributed by atoms with Gasteiger partial charge >= 0.3 is 0 Å². The molecule has 5 N–H and O–H groups in total. The number of nitrogens with zero attached hydrogens (tertiary/aromatic N) is 1. The van der Waals surface area contributed by atoms with E-state index in [4.69, 9.17) is 23.1 Å². The summed E-state index contributed by atoms with van der Waals surface area (Å²) >= 11 is 5.83. The molecule has 0 fully saturated rings. The number of carbonyl (C=O) groups excluding carboxylic acids is 2. The summed E-state index contributed by atoms with van der Waals surface area (Å²) in [5, 5.41) is 2.90. The van der Waals surface area contributed by atoms with Crippen LogP contribution in [0.3, 0.4) is 0 Å². The van der Waals surface area contributed by atoms with Crippen LogP contribution in [0.5, 0.6) is 0 Å². The number of carbonyl (C=O) groups is 2. The van der Waals surface area contributed by atoms with Crippen molar-refractivity contribution in [3.05, 3.63) is 22.8 Å². The van der Waals surface area contributed by atoms with E-state index in [0.717, 1.165) is 0 Å². The van der Waals surface area contributed by atoms with Gasteiger partial charge < -0.3 is 16.8 Å². The Morgan fingerprint density at radius 1 is 1.33 bits per heavy atom. The number of nitrogens with two attached hydrogens (primary N) is 2. The minimum absolute atomic E-state index is 0.103. The molecule has 18 heavy (non-hydrogen) atoms. The molecule has 1 aromatic rings. The zero-order valence-electron chi connectivity index (χ0n) is 9.78. The topological polar surface area (TPSA) is 111 Å². The first-order valence-corrected chi connectivity index (χ1v) is 5.87. The van der Waals surface area contributed by atoms with Gasteiger partial charge in [-0.1, -0.05) is 11.6 Å². The number of amides is 2. The monoisotopic (exact) mass is 270 g/mol. The van der Waals surface area contributed by atoms with Gasteiger partial charge in [-0.3, -0.25) is 9.59 Å². The zero-order valence-corrected chi connectivity index (χ0v) is 10.5. The van der Waals surface area contributed by atoms with E-state index in [1.807, 2.05) is 0 Å². The summed E-state index contributed by atoms with van der Waals surface area (Å²) < 4.78 is 0. The number of primary amides is 1. The lowest BCUT2D eigenvalue weighted by molar-refractivity contribution is -0.118. The van der Waals surface area contributed by atoms with Gasteiger partial charge in [0.05, 0.1) is 5.02 Å². The van der Waals surface area contributed by atoms with Crippen molar-refractivity contribution >= 4 is 29.2 Å². The van der Waals surface area contributed by atoms with Gasteiger partial charge in [-0.2, -0.15) is 0 Å². The second-order valence-electron chi connectivity index (χ2n) is 3.75. The van der Waals surface area contributed by atoms with Crippen molar-refractivity contribution in [1.29, 1.82) is 0 Å². The maximum Gasteiger partial charge on any atom is 0.271 e. The Bertz CT molecular complexity index is 451. The average Bonchev–Trinajstić information content (AvgIpc) is 2.31. The first-order chi connectivity index (χ1) is 8.50. The molecule has 1 heterocycles. The average molecular weight is 271 g/mol. The molecule has 0 unspecified atom stereocenters. The van der Waals surface area contributed by atoms with E-state index >= 15 is 0 Å². The number of aromatic nitrogens is 1. The molecule has 98 valence electrons. The van der Waals surface area contributed by atoms with Gasteiger partial charge in [0, 0.05) is 13.0 Å². The number of anilines is 1. The maximum atomic E-state index is 11.7. The molecule has 0 saturated carbocycles. The predicted octanol–water partition coefficient (Wildman–Crippen LogP) is 0.703. The summed E-state index contributed by atoms with van der Waals surface area (Å²) in [6.07, 6.45) is 1.61. The smallest absolute Gasteiger partial charge is 0.271 e. The number of unbranched alkanes of at least 4 members (excludes halogenated alkanes) is 1. The molecule has 1 aromatic heterocycles. The number of hydrogen-bond acceptors (Lipinski definition) is 4. The van der Waals surface area contributed by atoms with Gasteiger partial charge in [0.15, 0.2) is 0 Å². The third-order valence-electron chi connectivity index (χ3n) is 2.22. The van der Waals surface area contributed by atoms with Gasteiger partial charge in [-0.25, -0.2) is 4.98 Å². The van der Waals surface area contributed by atoms with Crippen molar-refractivity contribution in [3.8, 4) is 0 Å². The third kappa shape index (κ3) is 4.58. The van der Waals surface area contributed by atoms with Gasteiger partial charge in [0.25, 0.3) is 5.91 Å². The third-order valence-corrected chi connectivity index (χ3v) is 2.52. The van der Waals surface area contributed by atoms with Gasteiger partial charge in [0.2, 0.25) is 5.91 Å². The Morgan fingerprint density at radius 2 is 2.06 bits per heavy atom. The molecule has 1 rings (SSSR count). The number of rotatable bonds is 6. The second kappa shape index (κ2) is 6.80. The molecule has 0 aliphatic carbocycles. The van der Waals surface area contributed by atoms with Crippen molar-refractivity contribution in [3.63, 3.8) is 0 Å². The molecule has 6 nitrogen and oxygen atoms in total. The van der Waals surface area contributed by atoms with Crippen LogP contribution in [0.15, 0.2) is 12.1 Å². The van der Waals surface area contributed by atoms with Crippen LogP contribution in [0.2, 0.25) is 5.02 Å². The zero-order chi connectivity index (χ0) is 13.5. The lowest BCUT2D eigenvalue weighted by Crippen LogP contribution is -2.26. The molecular weight excluding hydrogens is 256 g/mol. The second-order valence-corrected chi connectivity index (χ2v) is 4.15. The van der Waals surface area contributed by atoms with E-state index in [9.17, 15) is 9.59 Å². The maximum absolute atomic E-state index is 11.7. The van der Waals surface area contributed by atoms with Crippen molar-refractivity contribution in [2.45, 2.75) is 19.3 Å². The molecule has 0 aliphatic rings. The molecular formula is C11H15ClN4O2. The van der Waals surface area contributed by atoms with Crippen LogP contribution in [0, 0.1) is 0 Å². The lowest BCUT2D eigenvalue weighted by Gasteiger charge is -2.06. The molecule has 0 spiro atoms. The highest BCUT2D eigenvalue weighted by Gasteiger charge is 2.11. The minimum atomic E-state index is -0.383. The molecule has 0 radical (unpaired) electrons. The first kappa shape index (κ1) is 14.2. The Kier molecular flexibility index (Phi) is 5.38. The fourth-order valence-electron chi connectivity index (χ4n) is 1.33. The molecule has 2 amide bonds. The Balaban J connectivity index is 2.41. The van der Waals surface area contributed by atoms with Crippen molar-refractivity contribution in [2.75, 3.05) is 12.3 Å². The summed E-state index contributed by atoms with van der Waals surface area (Å²) in [5.41, 5.74) is 10.6. The summed E-state index contributed by atoms with van der Waals surface area (Å²) in [6.45, 7) is 0.429. The first-order valence-electron chi connectivity index (χ1n) is 5.49. The van der Waals surface area contributed by atoms with Gasteiger partial charge in [0.1, 0.15) is 11.5 Å². The van der Waals surface area contributed by atoms with E-state index in [1.54, 1.807) is 0 Å². The minimum Gasteiger partial charge on any atom is -0.384 e.